The van der Waals surface area contributed by atoms with E-state index in [1.54, 1.807) is 7.11 Å². The zero-order valence-electron chi connectivity index (χ0n) is 11.1. The van der Waals surface area contributed by atoms with Gasteiger partial charge in [0.2, 0.25) is 0 Å². The van der Waals surface area contributed by atoms with Crippen LogP contribution in [0.5, 0.6) is 5.75 Å². The first-order valence-electron chi connectivity index (χ1n) is 6.08. The van der Waals surface area contributed by atoms with E-state index in [4.69, 9.17) is 4.74 Å². The lowest BCUT2D eigenvalue weighted by molar-refractivity contribution is -0.142. The number of aryl methyl sites for hydroxylation is 1. The van der Waals surface area contributed by atoms with Crippen molar-refractivity contribution in [2.24, 2.45) is 5.41 Å². The summed E-state index contributed by atoms with van der Waals surface area (Å²) in [4.78, 5) is 13.2. The topological polar surface area (TPSA) is 49.8 Å². The van der Waals surface area contributed by atoms with Gasteiger partial charge in [-0.2, -0.15) is 0 Å². The lowest BCUT2D eigenvalue weighted by Gasteiger charge is -2.24. The van der Waals surface area contributed by atoms with Gasteiger partial charge in [-0.15, -0.1) is 0 Å². The van der Waals surface area contributed by atoms with Crippen molar-refractivity contribution in [2.45, 2.75) is 19.8 Å². The predicted molar refractivity (Wildman–Crippen MR) is 70.3 cm³/mol. The number of benzene rings is 1. The van der Waals surface area contributed by atoms with Crippen LogP contribution in [-0.2, 0) is 4.79 Å². The molecule has 0 spiro atoms. The maximum atomic E-state index is 11.2. The number of ether oxygens (including phenoxy) is 1. The van der Waals surface area contributed by atoms with Crippen molar-refractivity contribution in [2.75, 3.05) is 25.6 Å². The Hall–Kier alpha value is -1.71. The highest BCUT2D eigenvalue weighted by Gasteiger charge is 2.50. The molecular weight excluding hydrogens is 230 g/mol. The van der Waals surface area contributed by atoms with Gasteiger partial charge in [-0.3, -0.25) is 4.79 Å². The highest BCUT2D eigenvalue weighted by Crippen LogP contribution is 2.46. The quantitative estimate of drug-likeness (QED) is 0.870. The van der Waals surface area contributed by atoms with Crippen molar-refractivity contribution in [3.05, 3.63) is 23.8 Å². The Morgan fingerprint density at radius 2 is 2.17 bits per heavy atom. The maximum absolute atomic E-state index is 11.2. The fourth-order valence-electron chi connectivity index (χ4n) is 2.24. The van der Waals surface area contributed by atoms with Gasteiger partial charge in [0.05, 0.1) is 12.5 Å². The molecule has 1 aromatic carbocycles. The molecule has 1 fully saturated rings. The maximum Gasteiger partial charge on any atom is 0.311 e. The number of nitrogens with zero attached hydrogens (tertiary/aromatic N) is 1. The van der Waals surface area contributed by atoms with E-state index in [0.717, 1.165) is 29.8 Å². The third kappa shape index (κ3) is 2.28. The molecule has 0 saturated heterocycles. The minimum Gasteiger partial charge on any atom is -0.496 e. The van der Waals surface area contributed by atoms with Gasteiger partial charge in [-0.25, -0.2) is 0 Å². The van der Waals surface area contributed by atoms with E-state index in [1.807, 2.05) is 37.1 Å². The van der Waals surface area contributed by atoms with Gasteiger partial charge in [-0.05, 0) is 43.5 Å². The van der Waals surface area contributed by atoms with E-state index in [1.165, 1.54) is 0 Å². The first-order valence-corrected chi connectivity index (χ1v) is 6.08. The second-order valence-corrected chi connectivity index (χ2v) is 5.10. The third-order valence-electron chi connectivity index (χ3n) is 3.67. The molecule has 0 heterocycles. The molecule has 0 amide bonds. The van der Waals surface area contributed by atoms with Gasteiger partial charge in [0.1, 0.15) is 5.75 Å². The van der Waals surface area contributed by atoms with Crippen LogP contribution in [0, 0.1) is 12.3 Å². The van der Waals surface area contributed by atoms with Crippen molar-refractivity contribution >= 4 is 11.7 Å². The summed E-state index contributed by atoms with van der Waals surface area (Å²) in [6, 6.07) is 5.90. The molecule has 1 aromatic rings. The number of methoxy groups -OCH3 is 1. The van der Waals surface area contributed by atoms with Crippen LogP contribution in [0.4, 0.5) is 5.69 Å². The highest BCUT2D eigenvalue weighted by molar-refractivity contribution is 5.78. The number of aliphatic carboxylic acids is 1. The fraction of sp³-hybridized carbons (Fsp3) is 0.500. The zero-order valence-corrected chi connectivity index (χ0v) is 11.1. The molecule has 18 heavy (non-hydrogen) atoms. The summed E-state index contributed by atoms with van der Waals surface area (Å²) < 4.78 is 5.22. The Morgan fingerprint density at radius 3 is 2.61 bits per heavy atom. The number of rotatable bonds is 5. The number of carbonyl (C=O) groups is 1. The van der Waals surface area contributed by atoms with Crippen LogP contribution in [0.2, 0.25) is 0 Å². The molecule has 0 bridgehead atoms. The van der Waals surface area contributed by atoms with E-state index < -0.39 is 11.4 Å². The van der Waals surface area contributed by atoms with Crippen LogP contribution in [0.3, 0.4) is 0 Å². The first kappa shape index (κ1) is 12.7. The van der Waals surface area contributed by atoms with Crippen LogP contribution in [0.1, 0.15) is 18.4 Å². The Bertz CT molecular complexity index is 466. The Labute approximate surface area is 107 Å². The van der Waals surface area contributed by atoms with Crippen molar-refractivity contribution < 1.29 is 14.6 Å². The Balaban J connectivity index is 2.12. The van der Waals surface area contributed by atoms with Gasteiger partial charge < -0.3 is 14.7 Å². The van der Waals surface area contributed by atoms with Gasteiger partial charge in [0.15, 0.2) is 0 Å². The normalized spacial score (nSPS) is 16.2. The average Bonchev–Trinajstić information content (AvgIpc) is 3.10. The van der Waals surface area contributed by atoms with Gasteiger partial charge in [0, 0.05) is 19.3 Å². The van der Waals surface area contributed by atoms with Gasteiger partial charge in [0.25, 0.3) is 0 Å². The summed E-state index contributed by atoms with van der Waals surface area (Å²) in [7, 11) is 3.58. The third-order valence-corrected chi connectivity index (χ3v) is 3.67. The molecule has 1 N–H and O–H groups in total. The van der Waals surface area contributed by atoms with Crippen LogP contribution in [-0.4, -0.2) is 31.8 Å². The molecule has 98 valence electrons. The number of hydrogen-bond donors (Lipinski definition) is 1. The van der Waals surface area contributed by atoms with Crippen molar-refractivity contribution in [1.82, 2.24) is 0 Å². The number of carboxylic acids is 1. The van der Waals surface area contributed by atoms with Crippen molar-refractivity contribution in [1.29, 1.82) is 0 Å². The largest absolute Gasteiger partial charge is 0.496 e. The summed E-state index contributed by atoms with van der Waals surface area (Å²) >= 11 is 0. The molecule has 0 unspecified atom stereocenters. The lowest BCUT2D eigenvalue weighted by atomic mass is 10.1. The summed E-state index contributed by atoms with van der Waals surface area (Å²) in [6.45, 7) is 2.55. The molecule has 0 atom stereocenters. The predicted octanol–water partition coefficient (Wildman–Crippen LogP) is 2.30. The minimum absolute atomic E-state index is 0.525. The summed E-state index contributed by atoms with van der Waals surface area (Å²) in [5.41, 5.74) is 1.56. The molecule has 0 aromatic heterocycles. The molecule has 4 nitrogen and oxygen atoms in total. The van der Waals surface area contributed by atoms with E-state index in [2.05, 4.69) is 0 Å². The first-order chi connectivity index (χ1) is 8.48. The molecule has 1 saturated carbocycles. The lowest BCUT2D eigenvalue weighted by Crippen LogP contribution is -2.31. The summed E-state index contributed by atoms with van der Waals surface area (Å²) in [5, 5.41) is 9.19. The second kappa shape index (κ2) is 4.52. The minimum atomic E-state index is -0.681. The fourth-order valence-corrected chi connectivity index (χ4v) is 2.24. The number of carboxylic acid groups (broad SMARTS) is 1. The van der Waals surface area contributed by atoms with E-state index in [-0.39, 0.29) is 0 Å². The van der Waals surface area contributed by atoms with E-state index in [9.17, 15) is 9.90 Å². The van der Waals surface area contributed by atoms with Crippen LogP contribution < -0.4 is 9.64 Å². The molecule has 0 radical (unpaired) electrons. The number of hydrogen-bond acceptors (Lipinski definition) is 3. The van der Waals surface area contributed by atoms with E-state index >= 15 is 0 Å². The molecular formula is C14H19NO3. The molecule has 1 aliphatic rings. The van der Waals surface area contributed by atoms with Crippen LogP contribution in [0.25, 0.3) is 0 Å². The van der Waals surface area contributed by atoms with Crippen molar-refractivity contribution in [3.8, 4) is 5.75 Å². The summed E-state index contributed by atoms with van der Waals surface area (Å²) in [5.74, 6) is 0.172. The Kier molecular flexibility index (Phi) is 3.20. The average molecular weight is 249 g/mol. The van der Waals surface area contributed by atoms with Crippen LogP contribution in [0.15, 0.2) is 18.2 Å². The van der Waals surface area contributed by atoms with Gasteiger partial charge in [-0.1, -0.05) is 0 Å². The highest BCUT2D eigenvalue weighted by atomic mass is 16.5. The second-order valence-electron chi connectivity index (χ2n) is 5.10. The number of anilines is 1. The standard InChI is InChI=1S/C14H19NO3/c1-10-8-11(4-5-12(10)18-3)15(2)9-14(6-7-14)13(16)17/h4-5,8H,6-7,9H2,1-3H3,(H,16,17). The zero-order chi connectivity index (χ0) is 13.3. The SMILES string of the molecule is COc1ccc(N(C)CC2(C(=O)O)CC2)cc1C. The monoisotopic (exact) mass is 249 g/mol. The molecule has 4 heteroatoms. The molecule has 2 rings (SSSR count). The van der Waals surface area contributed by atoms with Crippen LogP contribution >= 0.6 is 0 Å². The van der Waals surface area contributed by atoms with Gasteiger partial charge >= 0.3 is 5.97 Å². The molecule has 0 aliphatic heterocycles. The Morgan fingerprint density at radius 1 is 1.50 bits per heavy atom. The van der Waals surface area contributed by atoms with E-state index in [0.29, 0.717) is 6.54 Å². The summed E-state index contributed by atoms with van der Waals surface area (Å²) in [6.07, 6.45) is 1.56. The molecule has 1 aliphatic carbocycles. The van der Waals surface area contributed by atoms with Crippen molar-refractivity contribution in [3.63, 3.8) is 0 Å². The smallest absolute Gasteiger partial charge is 0.311 e.